The fourth-order valence-electron chi connectivity index (χ4n) is 5.32. The first-order valence-corrected chi connectivity index (χ1v) is 11.7. The molecule has 2 aliphatic heterocycles. The molecule has 172 valence electrons. The standard InChI is InChI=1S/C26H29N3O4/c1-33-23-11-10-18(17-29-25(31)20-8-4-5-9-21(20)26(29)32)16-22(23)24(30)28-14-12-27(13-15-28)19-6-2-3-7-19/h4-5,8-11,16,19H,2-3,6-7,12-15,17H2,1H3. The number of nitrogens with zero attached hydrogens (tertiary/aromatic N) is 3. The topological polar surface area (TPSA) is 70.2 Å². The molecular formula is C26H29N3O4. The summed E-state index contributed by atoms with van der Waals surface area (Å²) >= 11 is 0. The second kappa shape index (κ2) is 8.98. The van der Waals surface area contributed by atoms with Crippen molar-refractivity contribution in [1.29, 1.82) is 0 Å². The number of piperazine rings is 1. The average molecular weight is 448 g/mol. The van der Waals surface area contributed by atoms with Gasteiger partial charge in [0.05, 0.1) is 30.3 Å². The van der Waals surface area contributed by atoms with Crippen LogP contribution in [0.1, 0.15) is 62.3 Å². The van der Waals surface area contributed by atoms with E-state index >= 15 is 0 Å². The lowest BCUT2D eigenvalue weighted by molar-refractivity contribution is 0.0570. The zero-order valence-corrected chi connectivity index (χ0v) is 19.0. The number of carbonyl (C=O) groups is 3. The molecule has 3 aliphatic rings. The van der Waals surface area contributed by atoms with Crippen LogP contribution in [-0.4, -0.2) is 71.8 Å². The molecule has 3 amide bonds. The van der Waals surface area contributed by atoms with Crippen LogP contribution in [-0.2, 0) is 6.54 Å². The monoisotopic (exact) mass is 447 g/mol. The third-order valence-corrected chi connectivity index (χ3v) is 7.16. The van der Waals surface area contributed by atoms with Crippen LogP contribution in [0.5, 0.6) is 5.75 Å². The van der Waals surface area contributed by atoms with Crippen molar-refractivity contribution in [2.24, 2.45) is 0 Å². The number of hydrogen-bond donors (Lipinski definition) is 0. The van der Waals surface area contributed by atoms with E-state index in [0.717, 1.165) is 18.7 Å². The van der Waals surface area contributed by atoms with Crippen molar-refractivity contribution >= 4 is 17.7 Å². The summed E-state index contributed by atoms with van der Waals surface area (Å²) in [4.78, 5) is 44.5. The van der Waals surface area contributed by atoms with Crippen LogP contribution in [0.2, 0.25) is 0 Å². The minimum atomic E-state index is -0.303. The molecule has 0 bridgehead atoms. The fraction of sp³-hybridized carbons (Fsp3) is 0.423. The van der Waals surface area contributed by atoms with Gasteiger partial charge in [-0.05, 0) is 42.7 Å². The van der Waals surface area contributed by atoms with Gasteiger partial charge in [0.25, 0.3) is 17.7 Å². The van der Waals surface area contributed by atoms with Gasteiger partial charge < -0.3 is 9.64 Å². The van der Waals surface area contributed by atoms with E-state index in [0.29, 0.717) is 41.6 Å². The molecule has 0 spiro atoms. The molecule has 2 heterocycles. The zero-order chi connectivity index (χ0) is 22.9. The van der Waals surface area contributed by atoms with Gasteiger partial charge in [-0.3, -0.25) is 24.2 Å². The van der Waals surface area contributed by atoms with E-state index in [2.05, 4.69) is 4.90 Å². The van der Waals surface area contributed by atoms with Crippen molar-refractivity contribution in [3.8, 4) is 5.75 Å². The highest BCUT2D eigenvalue weighted by Gasteiger charge is 2.35. The summed E-state index contributed by atoms with van der Waals surface area (Å²) in [6, 6.07) is 12.8. The SMILES string of the molecule is COc1ccc(CN2C(=O)c3ccccc3C2=O)cc1C(=O)N1CCN(C2CCCC2)CC1. The third kappa shape index (κ3) is 4.02. The maximum absolute atomic E-state index is 13.4. The van der Waals surface area contributed by atoms with Crippen LogP contribution in [0.25, 0.3) is 0 Å². The summed E-state index contributed by atoms with van der Waals surface area (Å²) in [7, 11) is 1.55. The van der Waals surface area contributed by atoms with E-state index < -0.39 is 0 Å². The van der Waals surface area contributed by atoms with E-state index in [4.69, 9.17) is 4.74 Å². The van der Waals surface area contributed by atoms with Crippen molar-refractivity contribution in [3.05, 3.63) is 64.7 Å². The third-order valence-electron chi connectivity index (χ3n) is 7.16. The smallest absolute Gasteiger partial charge is 0.261 e. The minimum absolute atomic E-state index is 0.0675. The van der Waals surface area contributed by atoms with Crippen molar-refractivity contribution in [1.82, 2.24) is 14.7 Å². The lowest BCUT2D eigenvalue weighted by atomic mass is 10.1. The second-order valence-electron chi connectivity index (χ2n) is 9.04. The first-order valence-electron chi connectivity index (χ1n) is 11.7. The first kappa shape index (κ1) is 21.6. The number of methoxy groups -OCH3 is 1. The van der Waals surface area contributed by atoms with Gasteiger partial charge in [-0.25, -0.2) is 0 Å². The molecule has 0 radical (unpaired) electrons. The molecule has 1 aliphatic carbocycles. The summed E-state index contributed by atoms with van der Waals surface area (Å²) in [6.45, 7) is 3.30. The normalized spacial score (nSPS) is 19.3. The number of carbonyl (C=O) groups excluding carboxylic acids is 3. The number of ether oxygens (including phenoxy) is 1. The molecular weight excluding hydrogens is 418 g/mol. The van der Waals surface area contributed by atoms with Crippen LogP contribution >= 0.6 is 0 Å². The Kier molecular flexibility index (Phi) is 5.89. The molecule has 0 aromatic heterocycles. The number of fused-ring (bicyclic) bond motifs is 1. The fourth-order valence-corrected chi connectivity index (χ4v) is 5.32. The van der Waals surface area contributed by atoms with Crippen LogP contribution in [0.15, 0.2) is 42.5 Å². The molecule has 0 N–H and O–H groups in total. The zero-order valence-electron chi connectivity index (χ0n) is 19.0. The highest BCUT2D eigenvalue weighted by molar-refractivity contribution is 6.21. The molecule has 5 rings (SSSR count). The average Bonchev–Trinajstić information content (AvgIpc) is 3.48. The van der Waals surface area contributed by atoms with E-state index in [1.807, 2.05) is 4.90 Å². The van der Waals surface area contributed by atoms with E-state index in [9.17, 15) is 14.4 Å². The molecule has 1 saturated heterocycles. The molecule has 2 aromatic carbocycles. The summed E-state index contributed by atoms with van der Waals surface area (Å²) in [6.07, 6.45) is 5.14. The Hall–Kier alpha value is -3.19. The van der Waals surface area contributed by atoms with Crippen molar-refractivity contribution < 1.29 is 19.1 Å². The quantitative estimate of drug-likeness (QED) is 0.659. The minimum Gasteiger partial charge on any atom is -0.496 e. The van der Waals surface area contributed by atoms with Gasteiger partial charge in [0.1, 0.15) is 5.75 Å². The van der Waals surface area contributed by atoms with Gasteiger partial charge in [0.15, 0.2) is 0 Å². The molecule has 0 unspecified atom stereocenters. The van der Waals surface area contributed by atoms with Gasteiger partial charge in [-0.1, -0.05) is 31.0 Å². The molecule has 33 heavy (non-hydrogen) atoms. The molecule has 7 heteroatoms. The van der Waals surface area contributed by atoms with Crippen LogP contribution in [0, 0.1) is 0 Å². The Morgan fingerprint density at radius 3 is 2.18 bits per heavy atom. The maximum Gasteiger partial charge on any atom is 0.261 e. The Bertz CT molecular complexity index is 1050. The Balaban J connectivity index is 1.31. The van der Waals surface area contributed by atoms with Crippen LogP contribution < -0.4 is 4.74 Å². The van der Waals surface area contributed by atoms with Gasteiger partial charge in [0.2, 0.25) is 0 Å². The Morgan fingerprint density at radius 2 is 1.58 bits per heavy atom. The number of benzene rings is 2. The first-order chi connectivity index (χ1) is 16.1. The van der Waals surface area contributed by atoms with Gasteiger partial charge in [0, 0.05) is 32.2 Å². The highest BCUT2D eigenvalue weighted by atomic mass is 16.5. The predicted octanol–water partition coefficient (Wildman–Crippen LogP) is 3.19. The summed E-state index contributed by atoms with van der Waals surface area (Å²) in [5.74, 6) is -0.170. The molecule has 7 nitrogen and oxygen atoms in total. The largest absolute Gasteiger partial charge is 0.496 e. The number of rotatable bonds is 5. The summed E-state index contributed by atoms with van der Waals surface area (Å²) < 4.78 is 5.47. The number of hydrogen-bond acceptors (Lipinski definition) is 5. The van der Waals surface area contributed by atoms with Gasteiger partial charge >= 0.3 is 0 Å². The predicted molar refractivity (Wildman–Crippen MR) is 123 cm³/mol. The van der Waals surface area contributed by atoms with Crippen molar-refractivity contribution in [2.45, 2.75) is 38.3 Å². The van der Waals surface area contributed by atoms with Crippen molar-refractivity contribution in [2.75, 3.05) is 33.3 Å². The highest BCUT2D eigenvalue weighted by Crippen LogP contribution is 2.28. The van der Waals surface area contributed by atoms with Gasteiger partial charge in [-0.2, -0.15) is 0 Å². The van der Waals surface area contributed by atoms with Crippen LogP contribution in [0.4, 0.5) is 0 Å². The second-order valence-corrected chi connectivity index (χ2v) is 9.04. The summed E-state index contributed by atoms with van der Waals surface area (Å²) in [5.41, 5.74) is 2.04. The molecule has 0 atom stereocenters. The van der Waals surface area contributed by atoms with E-state index in [1.165, 1.54) is 30.6 Å². The lowest BCUT2D eigenvalue weighted by Crippen LogP contribution is -2.51. The van der Waals surface area contributed by atoms with E-state index in [-0.39, 0.29) is 24.3 Å². The molecule has 1 saturated carbocycles. The molecule has 2 fully saturated rings. The maximum atomic E-state index is 13.4. The van der Waals surface area contributed by atoms with Crippen molar-refractivity contribution in [3.63, 3.8) is 0 Å². The summed E-state index contributed by atoms with van der Waals surface area (Å²) in [5, 5.41) is 0. The van der Waals surface area contributed by atoms with Crippen LogP contribution in [0.3, 0.4) is 0 Å². The lowest BCUT2D eigenvalue weighted by Gasteiger charge is -2.38. The van der Waals surface area contributed by atoms with E-state index in [1.54, 1.807) is 49.6 Å². The molecule has 2 aromatic rings. The number of amides is 3. The number of imide groups is 1. The van der Waals surface area contributed by atoms with Gasteiger partial charge in [-0.15, -0.1) is 0 Å². The Labute approximate surface area is 193 Å². The Morgan fingerprint density at radius 1 is 0.939 bits per heavy atom.